The molecule has 0 spiro atoms. The van der Waals surface area contributed by atoms with E-state index in [-0.39, 0.29) is 17.9 Å². The Hall–Kier alpha value is -0.790. The third-order valence-corrected chi connectivity index (χ3v) is 2.76. The van der Waals surface area contributed by atoms with Crippen LogP contribution in [0, 0.1) is 0 Å². The van der Waals surface area contributed by atoms with Gasteiger partial charge in [-0.25, -0.2) is 0 Å². The Morgan fingerprint density at radius 1 is 1.39 bits per heavy atom. The second kappa shape index (κ2) is 6.40. The molecule has 0 unspecified atom stereocenters. The lowest BCUT2D eigenvalue weighted by Gasteiger charge is -2.18. The fourth-order valence-electron chi connectivity index (χ4n) is 1.49. The number of ether oxygens (including phenoxy) is 1. The van der Waals surface area contributed by atoms with Crippen molar-refractivity contribution in [3.8, 4) is 5.75 Å². The standard InChI is InChI=1S/C11H13BrF3NO2/c12-7-3-4-10(18-11(13,14)15)8(6-7)9(16)2-1-5-17/h3-4,6,9,17H,1-2,5,16H2/t9-/m0/s1. The monoisotopic (exact) mass is 327 g/mol. The molecule has 102 valence electrons. The fraction of sp³-hybridized carbons (Fsp3) is 0.455. The molecule has 1 aromatic carbocycles. The zero-order valence-electron chi connectivity index (χ0n) is 9.38. The second-order valence-corrected chi connectivity index (χ2v) is 4.62. The third kappa shape index (κ3) is 4.83. The molecule has 1 aromatic rings. The Kier molecular flexibility index (Phi) is 5.43. The van der Waals surface area contributed by atoms with Gasteiger partial charge in [0.05, 0.1) is 0 Å². The van der Waals surface area contributed by atoms with Crippen LogP contribution in [0.5, 0.6) is 5.75 Å². The highest BCUT2D eigenvalue weighted by molar-refractivity contribution is 9.10. The van der Waals surface area contributed by atoms with Crippen molar-refractivity contribution in [2.75, 3.05) is 6.61 Å². The van der Waals surface area contributed by atoms with E-state index in [4.69, 9.17) is 10.8 Å². The van der Waals surface area contributed by atoms with Crippen molar-refractivity contribution in [2.45, 2.75) is 25.2 Å². The maximum Gasteiger partial charge on any atom is 0.573 e. The van der Waals surface area contributed by atoms with Gasteiger partial charge in [-0.15, -0.1) is 13.2 Å². The maximum atomic E-state index is 12.2. The van der Waals surface area contributed by atoms with E-state index in [9.17, 15) is 13.2 Å². The average Bonchev–Trinajstić information content (AvgIpc) is 2.26. The molecular weight excluding hydrogens is 315 g/mol. The molecule has 3 nitrogen and oxygen atoms in total. The average molecular weight is 328 g/mol. The Labute approximate surface area is 111 Å². The lowest BCUT2D eigenvalue weighted by molar-refractivity contribution is -0.275. The van der Waals surface area contributed by atoms with E-state index in [1.807, 2.05) is 0 Å². The van der Waals surface area contributed by atoms with Gasteiger partial charge in [0.1, 0.15) is 5.75 Å². The predicted molar refractivity (Wildman–Crippen MR) is 64.1 cm³/mol. The van der Waals surface area contributed by atoms with E-state index in [0.717, 1.165) is 0 Å². The molecule has 0 saturated carbocycles. The second-order valence-electron chi connectivity index (χ2n) is 3.70. The van der Waals surface area contributed by atoms with Gasteiger partial charge in [0.25, 0.3) is 0 Å². The van der Waals surface area contributed by atoms with Crippen LogP contribution in [-0.4, -0.2) is 18.1 Å². The van der Waals surface area contributed by atoms with Crippen LogP contribution in [0.1, 0.15) is 24.4 Å². The van der Waals surface area contributed by atoms with Gasteiger partial charge in [-0.1, -0.05) is 15.9 Å². The highest BCUT2D eigenvalue weighted by Gasteiger charge is 2.32. The van der Waals surface area contributed by atoms with Gasteiger partial charge in [-0.05, 0) is 31.0 Å². The van der Waals surface area contributed by atoms with Crippen LogP contribution < -0.4 is 10.5 Å². The van der Waals surface area contributed by atoms with E-state index >= 15 is 0 Å². The molecule has 3 N–H and O–H groups in total. The number of benzene rings is 1. The largest absolute Gasteiger partial charge is 0.573 e. The zero-order chi connectivity index (χ0) is 13.8. The minimum Gasteiger partial charge on any atom is -0.405 e. The number of rotatable bonds is 5. The summed E-state index contributed by atoms with van der Waals surface area (Å²) in [4.78, 5) is 0. The minimum absolute atomic E-state index is 0.0584. The Morgan fingerprint density at radius 2 is 2.06 bits per heavy atom. The fourth-order valence-corrected chi connectivity index (χ4v) is 1.87. The van der Waals surface area contributed by atoms with Crippen molar-refractivity contribution < 1.29 is 23.0 Å². The highest BCUT2D eigenvalue weighted by atomic mass is 79.9. The van der Waals surface area contributed by atoms with Crippen LogP contribution in [0.4, 0.5) is 13.2 Å². The van der Waals surface area contributed by atoms with E-state index in [2.05, 4.69) is 20.7 Å². The van der Waals surface area contributed by atoms with Gasteiger partial charge in [0, 0.05) is 22.7 Å². The van der Waals surface area contributed by atoms with Crippen molar-refractivity contribution in [2.24, 2.45) is 5.73 Å². The number of halogens is 4. The number of hydrogen-bond acceptors (Lipinski definition) is 3. The van der Waals surface area contributed by atoms with Gasteiger partial charge < -0.3 is 15.6 Å². The topological polar surface area (TPSA) is 55.5 Å². The zero-order valence-corrected chi connectivity index (χ0v) is 11.0. The van der Waals surface area contributed by atoms with Crippen LogP contribution in [0.25, 0.3) is 0 Å². The summed E-state index contributed by atoms with van der Waals surface area (Å²) in [6.45, 7) is -0.0584. The summed E-state index contributed by atoms with van der Waals surface area (Å²) in [5.74, 6) is -0.309. The quantitative estimate of drug-likeness (QED) is 0.873. The number of alkyl halides is 3. The highest BCUT2D eigenvalue weighted by Crippen LogP contribution is 2.33. The van der Waals surface area contributed by atoms with Crippen LogP contribution >= 0.6 is 15.9 Å². The summed E-state index contributed by atoms with van der Waals surface area (Å²) in [5, 5.41) is 8.70. The molecule has 0 aliphatic rings. The molecular formula is C11H13BrF3NO2. The van der Waals surface area contributed by atoms with Gasteiger partial charge in [0.15, 0.2) is 0 Å². The number of nitrogens with two attached hydrogens (primary N) is 1. The van der Waals surface area contributed by atoms with Crippen molar-refractivity contribution in [3.05, 3.63) is 28.2 Å². The molecule has 0 aliphatic heterocycles. The molecule has 0 aliphatic carbocycles. The summed E-state index contributed by atoms with van der Waals surface area (Å²) in [7, 11) is 0. The first kappa shape index (κ1) is 15.3. The predicted octanol–water partition coefficient (Wildman–Crippen LogP) is 3.12. The van der Waals surface area contributed by atoms with Crippen molar-refractivity contribution >= 4 is 15.9 Å². The number of aliphatic hydroxyl groups excluding tert-OH is 1. The van der Waals surface area contributed by atoms with Crippen molar-refractivity contribution in [1.82, 2.24) is 0 Å². The molecule has 0 aromatic heterocycles. The first-order chi connectivity index (χ1) is 8.33. The van der Waals surface area contributed by atoms with Gasteiger partial charge in [0.2, 0.25) is 0 Å². The van der Waals surface area contributed by atoms with Gasteiger partial charge in [-0.2, -0.15) is 0 Å². The van der Waals surface area contributed by atoms with Gasteiger partial charge >= 0.3 is 6.36 Å². The molecule has 18 heavy (non-hydrogen) atoms. The Morgan fingerprint density at radius 3 is 2.61 bits per heavy atom. The van der Waals surface area contributed by atoms with E-state index in [1.54, 1.807) is 0 Å². The molecule has 7 heteroatoms. The number of hydrogen-bond donors (Lipinski definition) is 2. The summed E-state index contributed by atoms with van der Waals surface area (Å²) >= 11 is 3.17. The smallest absolute Gasteiger partial charge is 0.405 e. The SMILES string of the molecule is N[C@@H](CCCO)c1cc(Br)ccc1OC(F)(F)F. The van der Waals surface area contributed by atoms with Crippen molar-refractivity contribution in [1.29, 1.82) is 0 Å². The van der Waals surface area contributed by atoms with Gasteiger partial charge in [-0.3, -0.25) is 0 Å². The third-order valence-electron chi connectivity index (χ3n) is 2.27. The van der Waals surface area contributed by atoms with Crippen LogP contribution in [0.15, 0.2) is 22.7 Å². The summed E-state index contributed by atoms with van der Waals surface area (Å²) in [6.07, 6.45) is -3.96. The van der Waals surface area contributed by atoms with E-state index in [0.29, 0.717) is 17.3 Å². The molecule has 0 radical (unpaired) electrons. The normalized spacial score (nSPS) is 13.4. The van der Waals surface area contributed by atoms with Crippen LogP contribution in [0.3, 0.4) is 0 Å². The summed E-state index contributed by atoms with van der Waals surface area (Å²) in [6, 6.07) is 3.53. The molecule has 0 heterocycles. The molecule has 0 amide bonds. The van der Waals surface area contributed by atoms with E-state index in [1.165, 1.54) is 18.2 Å². The van der Waals surface area contributed by atoms with Crippen LogP contribution in [-0.2, 0) is 0 Å². The lowest BCUT2D eigenvalue weighted by atomic mass is 10.0. The van der Waals surface area contributed by atoms with E-state index < -0.39 is 12.4 Å². The first-order valence-corrected chi connectivity index (χ1v) is 6.04. The summed E-state index contributed by atoms with van der Waals surface area (Å²) < 4.78 is 41.2. The molecule has 0 bridgehead atoms. The first-order valence-electron chi connectivity index (χ1n) is 5.25. The van der Waals surface area contributed by atoms with Crippen LogP contribution in [0.2, 0.25) is 0 Å². The Balaban J connectivity index is 2.96. The molecule has 1 rings (SSSR count). The molecule has 1 atom stereocenters. The summed E-state index contributed by atoms with van der Waals surface area (Å²) in [5.41, 5.74) is 6.05. The lowest BCUT2D eigenvalue weighted by Crippen LogP contribution is -2.20. The molecule has 0 fully saturated rings. The maximum absolute atomic E-state index is 12.2. The molecule has 0 saturated heterocycles. The number of aliphatic hydroxyl groups is 1. The Bertz CT molecular complexity index is 398. The minimum atomic E-state index is -4.75. The van der Waals surface area contributed by atoms with Crippen molar-refractivity contribution in [3.63, 3.8) is 0 Å².